The Labute approximate surface area is 72.2 Å². The lowest BCUT2D eigenvalue weighted by atomic mass is 9.98. The number of hydrogen-bond acceptors (Lipinski definition) is 1. The van der Waals surface area contributed by atoms with Gasteiger partial charge in [0.05, 0.1) is 12.5 Å². The Balaban J connectivity index is 2.27. The molecule has 2 nitrogen and oxygen atoms in total. The van der Waals surface area contributed by atoms with Gasteiger partial charge in [0.15, 0.2) is 0 Å². The molecule has 0 aliphatic heterocycles. The zero-order valence-corrected chi connectivity index (χ0v) is 7.06. The molecule has 0 bridgehead atoms. The summed E-state index contributed by atoms with van der Waals surface area (Å²) >= 11 is 0. The average molecular weight is 160 g/mol. The summed E-state index contributed by atoms with van der Waals surface area (Å²) in [7, 11) is 0. The first-order valence-corrected chi connectivity index (χ1v) is 4.47. The van der Waals surface area contributed by atoms with E-state index in [1.807, 2.05) is 0 Å². The van der Waals surface area contributed by atoms with Crippen LogP contribution in [0.25, 0.3) is 0 Å². The third-order valence-electron chi connectivity index (χ3n) is 2.44. The molecule has 1 aromatic rings. The lowest BCUT2D eigenvalue weighted by molar-refractivity contribution is 0.676. The fraction of sp³-hybridized carbons (Fsp3) is 0.500. The molecule has 0 spiro atoms. The minimum atomic E-state index is 0.521. The van der Waals surface area contributed by atoms with Crippen LogP contribution in [0, 0.1) is 11.3 Å². The molecule has 1 heterocycles. The summed E-state index contributed by atoms with van der Waals surface area (Å²) in [6, 6.07) is 4.31. The summed E-state index contributed by atoms with van der Waals surface area (Å²) in [4.78, 5) is 3.31. The Morgan fingerprint density at radius 1 is 1.42 bits per heavy atom. The molecule has 0 saturated carbocycles. The normalized spacial score (nSPS) is 15.2. The van der Waals surface area contributed by atoms with E-state index in [1.165, 1.54) is 36.9 Å². The van der Waals surface area contributed by atoms with Crippen molar-refractivity contribution in [3.63, 3.8) is 0 Å². The fourth-order valence-corrected chi connectivity index (χ4v) is 1.85. The van der Waals surface area contributed by atoms with E-state index in [0.717, 1.165) is 5.69 Å². The van der Waals surface area contributed by atoms with Gasteiger partial charge in [0.2, 0.25) is 0 Å². The Bertz CT molecular complexity index is 294. The predicted molar refractivity (Wildman–Crippen MR) is 46.8 cm³/mol. The molecule has 0 fully saturated rings. The number of rotatable bonds is 1. The molecule has 1 aliphatic rings. The molecule has 12 heavy (non-hydrogen) atoms. The van der Waals surface area contributed by atoms with E-state index in [2.05, 4.69) is 17.1 Å². The number of hydrogen-bond donors (Lipinski definition) is 1. The van der Waals surface area contributed by atoms with E-state index < -0.39 is 0 Å². The van der Waals surface area contributed by atoms with Crippen LogP contribution in [0.1, 0.15) is 29.8 Å². The maximum absolute atomic E-state index is 8.51. The summed E-state index contributed by atoms with van der Waals surface area (Å²) in [6.45, 7) is 0. The lowest BCUT2D eigenvalue weighted by Gasteiger charge is -2.08. The standard InChI is InChI=1S/C10H12N2/c11-6-5-9-7-8-3-1-2-4-10(8)12-9/h7,12H,1-5H2. The van der Waals surface area contributed by atoms with Crippen molar-refractivity contribution in [3.8, 4) is 6.07 Å². The molecular formula is C10H12N2. The van der Waals surface area contributed by atoms with Crippen molar-refractivity contribution < 1.29 is 0 Å². The summed E-state index contributed by atoms with van der Waals surface area (Å²) in [5.41, 5.74) is 3.89. The van der Waals surface area contributed by atoms with Crippen molar-refractivity contribution in [1.29, 1.82) is 5.26 Å². The van der Waals surface area contributed by atoms with Gasteiger partial charge in [-0.15, -0.1) is 0 Å². The SMILES string of the molecule is N#CCc1cc2c([nH]1)CCCC2. The van der Waals surface area contributed by atoms with Crippen LogP contribution in [0.2, 0.25) is 0 Å². The molecule has 1 aliphatic carbocycles. The molecule has 0 atom stereocenters. The Kier molecular flexibility index (Phi) is 1.87. The van der Waals surface area contributed by atoms with E-state index in [1.54, 1.807) is 0 Å². The monoisotopic (exact) mass is 160 g/mol. The summed E-state index contributed by atoms with van der Waals surface area (Å²) < 4.78 is 0. The van der Waals surface area contributed by atoms with Gasteiger partial charge in [0.25, 0.3) is 0 Å². The van der Waals surface area contributed by atoms with Crippen LogP contribution in [0.15, 0.2) is 6.07 Å². The van der Waals surface area contributed by atoms with Crippen LogP contribution >= 0.6 is 0 Å². The molecule has 1 aromatic heterocycles. The number of aromatic nitrogens is 1. The number of aromatic amines is 1. The quantitative estimate of drug-likeness (QED) is 0.670. The molecule has 0 amide bonds. The second-order valence-corrected chi connectivity index (χ2v) is 3.34. The molecule has 0 unspecified atom stereocenters. The van der Waals surface area contributed by atoms with E-state index in [0.29, 0.717) is 6.42 Å². The Morgan fingerprint density at radius 3 is 3.00 bits per heavy atom. The summed E-state index contributed by atoms with van der Waals surface area (Å²) in [6.07, 6.45) is 5.47. The van der Waals surface area contributed by atoms with E-state index in [4.69, 9.17) is 5.26 Å². The lowest BCUT2D eigenvalue weighted by Crippen LogP contribution is -1.99. The van der Waals surface area contributed by atoms with Gasteiger partial charge in [0, 0.05) is 11.4 Å². The van der Waals surface area contributed by atoms with Crippen LogP contribution in [-0.4, -0.2) is 4.98 Å². The first kappa shape index (κ1) is 7.42. The van der Waals surface area contributed by atoms with Crippen LogP contribution in [0.3, 0.4) is 0 Å². The topological polar surface area (TPSA) is 39.6 Å². The predicted octanol–water partition coefficient (Wildman–Crippen LogP) is 1.96. The van der Waals surface area contributed by atoms with Gasteiger partial charge in [-0.3, -0.25) is 0 Å². The molecule has 0 saturated heterocycles. The van der Waals surface area contributed by atoms with E-state index in [-0.39, 0.29) is 0 Å². The third kappa shape index (κ3) is 1.23. The molecular weight excluding hydrogens is 148 g/mol. The number of nitrogens with zero attached hydrogens (tertiary/aromatic N) is 1. The highest BCUT2D eigenvalue weighted by Gasteiger charge is 2.11. The second kappa shape index (κ2) is 3.02. The smallest absolute Gasteiger partial charge is 0.0752 e. The van der Waals surface area contributed by atoms with Crippen molar-refractivity contribution in [1.82, 2.24) is 4.98 Å². The van der Waals surface area contributed by atoms with Crippen LogP contribution < -0.4 is 0 Å². The first-order chi connectivity index (χ1) is 5.90. The van der Waals surface area contributed by atoms with Crippen molar-refractivity contribution in [2.45, 2.75) is 32.1 Å². The van der Waals surface area contributed by atoms with Gasteiger partial charge in [-0.05, 0) is 37.3 Å². The number of H-pyrrole nitrogens is 1. The number of fused-ring (bicyclic) bond motifs is 1. The van der Waals surface area contributed by atoms with Crippen molar-refractivity contribution in [2.24, 2.45) is 0 Å². The summed E-state index contributed by atoms with van der Waals surface area (Å²) in [5, 5.41) is 8.51. The van der Waals surface area contributed by atoms with Gasteiger partial charge < -0.3 is 4.98 Å². The molecule has 2 heteroatoms. The van der Waals surface area contributed by atoms with Gasteiger partial charge in [-0.2, -0.15) is 5.26 Å². The number of aryl methyl sites for hydroxylation is 2. The molecule has 0 radical (unpaired) electrons. The van der Waals surface area contributed by atoms with Crippen molar-refractivity contribution >= 4 is 0 Å². The first-order valence-electron chi connectivity index (χ1n) is 4.47. The average Bonchev–Trinajstić information content (AvgIpc) is 2.47. The zero-order valence-electron chi connectivity index (χ0n) is 7.06. The maximum atomic E-state index is 8.51. The van der Waals surface area contributed by atoms with Crippen LogP contribution in [0.5, 0.6) is 0 Å². The number of nitrogens with one attached hydrogen (secondary N) is 1. The van der Waals surface area contributed by atoms with Crippen molar-refractivity contribution in [2.75, 3.05) is 0 Å². The van der Waals surface area contributed by atoms with E-state index >= 15 is 0 Å². The second-order valence-electron chi connectivity index (χ2n) is 3.34. The van der Waals surface area contributed by atoms with Gasteiger partial charge in [-0.25, -0.2) is 0 Å². The van der Waals surface area contributed by atoms with Gasteiger partial charge in [-0.1, -0.05) is 0 Å². The highest BCUT2D eigenvalue weighted by molar-refractivity contribution is 5.29. The maximum Gasteiger partial charge on any atom is 0.0752 e. The molecule has 0 aromatic carbocycles. The van der Waals surface area contributed by atoms with Crippen LogP contribution in [-0.2, 0) is 19.3 Å². The Hall–Kier alpha value is -1.23. The van der Waals surface area contributed by atoms with E-state index in [9.17, 15) is 0 Å². The third-order valence-corrected chi connectivity index (χ3v) is 2.44. The minimum Gasteiger partial charge on any atom is -0.361 e. The highest BCUT2D eigenvalue weighted by Crippen LogP contribution is 2.21. The Morgan fingerprint density at radius 2 is 2.25 bits per heavy atom. The van der Waals surface area contributed by atoms with Crippen molar-refractivity contribution in [3.05, 3.63) is 23.0 Å². The molecule has 2 rings (SSSR count). The minimum absolute atomic E-state index is 0.521. The largest absolute Gasteiger partial charge is 0.361 e. The van der Waals surface area contributed by atoms with Gasteiger partial charge in [0.1, 0.15) is 0 Å². The van der Waals surface area contributed by atoms with Crippen LogP contribution in [0.4, 0.5) is 0 Å². The highest BCUT2D eigenvalue weighted by atomic mass is 14.7. The zero-order chi connectivity index (χ0) is 8.39. The van der Waals surface area contributed by atoms with Gasteiger partial charge >= 0.3 is 0 Å². The molecule has 1 N–H and O–H groups in total. The fourth-order valence-electron chi connectivity index (χ4n) is 1.85. The molecule has 62 valence electrons. The number of nitriles is 1. The summed E-state index contributed by atoms with van der Waals surface area (Å²) in [5.74, 6) is 0.